The highest BCUT2D eigenvalue weighted by Gasteiger charge is 2.16. The van der Waals surface area contributed by atoms with E-state index in [9.17, 15) is 4.79 Å². The van der Waals surface area contributed by atoms with Crippen LogP contribution in [-0.4, -0.2) is 17.5 Å². The van der Waals surface area contributed by atoms with E-state index in [2.05, 4.69) is 40.6 Å². The minimum atomic E-state index is -0.231. The van der Waals surface area contributed by atoms with Crippen LogP contribution in [0.5, 0.6) is 5.75 Å². The molecule has 2 heterocycles. The number of allylic oxidation sites excluding steroid dienone is 1. The molecule has 0 atom stereocenters. The van der Waals surface area contributed by atoms with Crippen molar-refractivity contribution in [3.8, 4) is 16.9 Å². The predicted molar refractivity (Wildman–Crippen MR) is 154 cm³/mol. The number of hydrogen-bond acceptors (Lipinski definition) is 4. The lowest BCUT2D eigenvalue weighted by Gasteiger charge is -2.12. The molecule has 0 aliphatic carbocycles. The zero-order valence-electron chi connectivity index (χ0n) is 21.2. The average Bonchev–Trinajstić information content (AvgIpc) is 3.35. The van der Waals surface area contributed by atoms with Crippen molar-refractivity contribution in [3.05, 3.63) is 109 Å². The molecule has 0 aliphatic rings. The van der Waals surface area contributed by atoms with Crippen LogP contribution in [0.25, 0.3) is 49.3 Å². The van der Waals surface area contributed by atoms with Gasteiger partial charge in [-0.25, -0.2) is 0 Å². The first-order chi connectivity index (χ1) is 18.6. The first kappa shape index (κ1) is 23.5. The second-order valence-electron chi connectivity index (χ2n) is 9.19. The summed E-state index contributed by atoms with van der Waals surface area (Å²) in [6.07, 6.45) is 5.11. The fraction of sp³-hybridized carbons (Fsp3) is 0.0909. The van der Waals surface area contributed by atoms with Crippen LogP contribution in [0.4, 0.5) is 5.69 Å². The Morgan fingerprint density at radius 2 is 1.76 bits per heavy atom. The topological polar surface area (TPSA) is 64.4 Å². The van der Waals surface area contributed by atoms with Crippen LogP contribution in [0.1, 0.15) is 19.4 Å². The molecule has 186 valence electrons. The molecule has 6 rings (SSSR count). The van der Waals surface area contributed by atoms with Crippen LogP contribution in [0.15, 0.2) is 108 Å². The van der Waals surface area contributed by atoms with Crippen LogP contribution in [0.3, 0.4) is 0 Å². The van der Waals surface area contributed by atoms with Gasteiger partial charge in [0.05, 0.1) is 24.1 Å². The lowest BCUT2D eigenvalue weighted by atomic mass is 9.97. The summed E-state index contributed by atoms with van der Waals surface area (Å²) in [5.74, 6) is 0.443. The normalized spacial score (nSPS) is 11.8. The van der Waals surface area contributed by atoms with Crippen LogP contribution in [-0.2, 0) is 4.79 Å². The number of pyridine rings is 1. The van der Waals surface area contributed by atoms with Gasteiger partial charge in [-0.05, 0) is 60.0 Å². The van der Waals surface area contributed by atoms with E-state index in [-0.39, 0.29) is 5.91 Å². The molecule has 5 heteroatoms. The molecule has 1 amide bonds. The van der Waals surface area contributed by atoms with Gasteiger partial charge in [-0.15, -0.1) is 0 Å². The van der Waals surface area contributed by atoms with Gasteiger partial charge in [0.2, 0.25) is 5.91 Å². The maximum absolute atomic E-state index is 13.1. The zero-order valence-corrected chi connectivity index (χ0v) is 21.2. The van der Waals surface area contributed by atoms with Gasteiger partial charge in [-0.3, -0.25) is 9.78 Å². The van der Waals surface area contributed by atoms with Gasteiger partial charge in [0.25, 0.3) is 0 Å². The Morgan fingerprint density at radius 1 is 0.947 bits per heavy atom. The number of para-hydroxylation sites is 1. The summed E-state index contributed by atoms with van der Waals surface area (Å²) < 4.78 is 11.9. The molecule has 5 nitrogen and oxygen atoms in total. The first-order valence-electron chi connectivity index (χ1n) is 12.6. The highest BCUT2D eigenvalue weighted by atomic mass is 16.5. The Kier molecular flexibility index (Phi) is 6.10. The molecule has 4 aromatic carbocycles. The molecule has 6 aromatic rings. The lowest BCUT2D eigenvalue weighted by molar-refractivity contribution is -0.111. The molecule has 0 saturated carbocycles. The summed E-state index contributed by atoms with van der Waals surface area (Å²) in [5.41, 5.74) is 5.85. The van der Waals surface area contributed by atoms with Crippen molar-refractivity contribution < 1.29 is 13.9 Å². The molecule has 2 aromatic heterocycles. The zero-order chi connectivity index (χ0) is 26.1. The number of carbonyl (C=O) groups is 1. The summed E-state index contributed by atoms with van der Waals surface area (Å²) >= 11 is 0. The number of nitrogens with zero attached hydrogens (tertiary/aromatic N) is 1. The van der Waals surface area contributed by atoms with Crippen molar-refractivity contribution in [2.75, 3.05) is 11.9 Å². The first-order valence-corrected chi connectivity index (χ1v) is 12.6. The molecule has 1 N–H and O–H groups in total. The number of rotatable bonds is 6. The SMILES string of the molecule is CCOc1cc2occ(-c3ccc4ccccc4c3)c2cc1/C(C)=C/C(=O)Nc1cccc2cccnc12. The minimum absolute atomic E-state index is 0.231. The summed E-state index contributed by atoms with van der Waals surface area (Å²) in [7, 11) is 0. The van der Waals surface area contributed by atoms with Gasteiger partial charge in [0.1, 0.15) is 11.3 Å². The van der Waals surface area contributed by atoms with E-state index in [0.717, 1.165) is 44.1 Å². The fourth-order valence-electron chi connectivity index (χ4n) is 4.87. The van der Waals surface area contributed by atoms with Crippen molar-refractivity contribution in [1.82, 2.24) is 4.98 Å². The Balaban J connectivity index is 1.38. The van der Waals surface area contributed by atoms with Gasteiger partial charge in [0, 0.05) is 40.2 Å². The van der Waals surface area contributed by atoms with Crippen molar-refractivity contribution in [2.24, 2.45) is 0 Å². The van der Waals surface area contributed by atoms with E-state index in [0.29, 0.717) is 18.0 Å². The molecule has 0 fully saturated rings. The molecule has 0 bridgehead atoms. The van der Waals surface area contributed by atoms with E-state index >= 15 is 0 Å². The number of aromatic nitrogens is 1. The van der Waals surface area contributed by atoms with E-state index in [1.807, 2.05) is 68.4 Å². The Morgan fingerprint density at radius 3 is 2.63 bits per heavy atom. The van der Waals surface area contributed by atoms with Gasteiger partial charge in [-0.1, -0.05) is 54.6 Å². The Bertz CT molecular complexity index is 1840. The number of fused-ring (bicyclic) bond motifs is 3. The van der Waals surface area contributed by atoms with Gasteiger partial charge in [-0.2, -0.15) is 0 Å². The number of hydrogen-bond donors (Lipinski definition) is 1. The number of nitrogens with one attached hydrogen (secondary N) is 1. The Labute approximate surface area is 220 Å². The largest absolute Gasteiger partial charge is 0.493 e. The molecular weight excluding hydrogens is 472 g/mol. The second kappa shape index (κ2) is 9.87. The van der Waals surface area contributed by atoms with E-state index in [1.54, 1.807) is 18.5 Å². The van der Waals surface area contributed by atoms with Crippen LogP contribution in [0, 0.1) is 0 Å². The summed E-state index contributed by atoms with van der Waals surface area (Å²) in [6.45, 7) is 4.36. The number of furan rings is 1. The fourth-order valence-corrected chi connectivity index (χ4v) is 4.87. The third kappa shape index (κ3) is 4.39. The second-order valence-corrected chi connectivity index (χ2v) is 9.19. The number of anilines is 1. The predicted octanol–water partition coefficient (Wildman–Crippen LogP) is 8.24. The number of benzene rings is 4. The van der Waals surface area contributed by atoms with E-state index in [4.69, 9.17) is 9.15 Å². The summed E-state index contributed by atoms with van der Waals surface area (Å²) in [4.78, 5) is 17.5. The van der Waals surface area contributed by atoms with E-state index < -0.39 is 0 Å². The average molecular weight is 499 g/mol. The molecule has 0 saturated heterocycles. The summed E-state index contributed by atoms with van der Waals surface area (Å²) in [6, 6.07) is 28.2. The van der Waals surface area contributed by atoms with Gasteiger partial charge < -0.3 is 14.5 Å². The monoisotopic (exact) mass is 498 g/mol. The van der Waals surface area contributed by atoms with Crippen molar-refractivity contribution in [1.29, 1.82) is 0 Å². The lowest BCUT2D eigenvalue weighted by Crippen LogP contribution is -2.09. The maximum atomic E-state index is 13.1. The van der Waals surface area contributed by atoms with Crippen molar-refractivity contribution in [2.45, 2.75) is 13.8 Å². The van der Waals surface area contributed by atoms with Gasteiger partial charge >= 0.3 is 0 Å². The highest BCUT2D eigenvalue weighted by Crippen LogP contribution is 2.38. The molecule has 0 aliphatic heterocycles. The van der Waals surface area contributed by atoms with Gasteiger partial charge in [0.15, 0.2) is 0 Å². The molecule has 0 spiro atoms. The maximum Gasteiger partial charge on any atom is 0.248 e. The number of amides is 1. The molecule has 38 heavy (non-hydrogen) atoms. The summed E-state index contributed by atoms with van der Waals surface area (Å²) in [5, 5.41) is 7.28. The highest BCUT2D eigenvalue weighted by molar-refractivity contribution is 6.08. The smallest absolute Gasteiger partial charge is 0.248 e. The number of carbonyl (C=O) groups excluding carboxylic acids is 1. The molecular formula is C33H26N2O3. The quantitative estimate of drug-likeness (QED) is 0.235. The van der Waals surface area contributed by atoms with Crippen molar-refractivity contribution >= 4 is 49.8 Å². The standard InChI is InChI=1S/C33H26N2O3/c1-3-37-30-19-31-27(28(20-38-31)25-14-13-22-8-4-5-9-24(22)17-25)18-26(30)21(2)16-32(36)35-29-12-6-10-23-11-7-15-34-33(23)29/h4-20H,3H2,1-2H3,(H,35,36)/b21-16+. The van der Waals surface area contributed by atoms with Crippen molar-refractivity contribution in [3.63, 3.8) is 0 Å². The van der Waals surface area contributed by atoms with Crippen LogP contribution in [0.2, 0.25) is 0 Å². The minimum Gasteiger partial charge on any atom is -0.493 e. The van der Waals surface area contributed by atoms with Crippen LogP contribution < -0.4 is 10.1 Å². The molecule has 0 radical (unpaired) electrons. The third-order valence-corrected chi connectivity index (χ3v) is 6.70. The number of ether oxygens (including phenoxy) is 1. The van der Waals surface area contributed by atoms with E-state index in [1.165, 1.54) is 10.8 Å². The molecule has 0 unspecified atom stereocenters. The van der Waals surface area contributed by atoms with Crippen LogP contribution >= 0.6 is 0 Å². The Hall–Kier alpha value is -4.90. The third-order valence-electron chi connectivity index (χ3n) is 6.70.